The second-order valence-electron chi connectivity index (χ2n) is 10.1. The second-order valence-corrected chi connectivity index (χ2v) is 10.1. The topological polar surface area (TPSA) is 154 Å². The molecular weight excluding hydrogens is 562 g/mol. The first-order valence-corrected chi connectivity index (χ1v) is 14.3. The normalized spacial score (nSPS) is 12.0. The molecule has 12 nitrogen and oxygen atoms in total. The number of carbonyl (C=O) groups excluding carboxylic acids is 3. The van der Waals surface area contributed by atoms with E-state index in [1.165, 1.54) is 11.8 Å². The average molecular weight is 600 g/mol. The summed E-state index contributed by atoms with van der Waals surface area (Å²) in [7, 11) is 1.92. The summed E-state index contributed by atoms with van der Waals surface area (Å²) in [6.45, 7) is 5.80. The Morgan fingerprint density at radius 1 is 1.09 bits per heavy atom. The number of hydrogen-bond acceptors (Lipinski definition) is 9. The van der Waals surface area contributed by atoms with Gasteiger partial charge in [0.1, 0.15) is 17.5 Å². The number of ether oxygens (including phenoxy) is 2. The Kier molecular flexibility index (Phi) is 10.6. The van der Waals surface area contributed by atoms with Gasteiger partial charge in [0, 0.05) is 43.5 Å². The van der Waals surface area contributed by atoms with Crippen LogP contribution in [0.5, 0.6) is 0 Å². The predicted octanol–water partition coefficient (Wildman–Crippen LogP) is 4.18. The van der Waals surface area contributed by atoms with Gasteiger partial charge >= 0.3 is 11.9 Å². The molecule has 12 heteroatoms. The molecule has 2 aromatic carbocycles. The number of rotatable bonds is 13. The average Bonchev–Trinajstić information content (AvgIpc) is 3.33. The molecular formula is C32H37N7O5. The van der Waals surface area contributed by atoms with Gasteiger partial charge in [-0.2, -0.15) is 0 Å². The quantitative estimate of drug-likeness (QED) is 0.131. The van der Waals surface area contributed by atoms with Crippen molar-refractivity contribution in [3.8, 4) is 0 Å². The van der Waals surface area contributed by atoms with Gasteiger partial charge in [-0.15, -0.1) is 0 Å². The van der Waals surface area contributed by atoms with E-state index in [0.29, 0.717) is 35.6 Å². The number of amides is 1. The van der Waals surface area contributed by atoms with Crippen molar-refractivity contribution < 1.29 is 23.9 Å². The van der Waals surface area contributed by atoms with Crippen molar-refractivity contribution in [2.45, 2.75) is 46.4 Å². The number of nitrogens with two attached hydrogens (primary N) is 1. The molecule has 1 amide bonds. The highest BCUT2D eigenvalue weighted by Gasteiger charge is 2.21. The fraction of sp³-hybridized carbons (Fsp3) is 0.312. The summed E-state index contributed by atoms with van der Waals surface area (Å²) >= 11 is 0. The van der Waals surface area contributed by atoms with Gasteiger partial charge in [0.25, 0.3) is 5.91 Å². The molecule has 0 bridgehead atoms. The van der Waals surface area contributed by atoms with Gasteiger partial charge in [-0.05, 0) is 67.9 Å². The van der Waals surface area contributed by atoms with Crippen molar-refractivity contribution >= 4 is 46.2 Å². The molecule has 0 aliphatic heterocycles. The predicted molar refractivity (Wildman–Crippen MR) is 168 cm³/mol. The van der Waals surface area contributed by atoms with Crippen LogP contribution >= 0.6 is 0 Å². The van der Waals surface area contributed by atoms with Crippen molar-refractivity contribution in [2.24, 2.45) is 17.8 Å². The number of aliphatic imine (C=N–C) groups is 1. The number of fused-ring (bicyclic) bond motifs is 1. The van der Waals surface area contributed by atoms with Crippen LogP contribution in [0, 0.1) is 0 Å². The minimum Gasteiger partial charge on any atom is -0.466 e. The van der Waals surface area contributed by atoms with Crippen LogP contribution in [0.4, 0.5) is 11.5 Å². The molecule has 0 fully saturated rings. The molecule has 0 saturated heterocycles. The molecule has 4 rings (SSSR count). The lowest BCUT2D eigenvalue weighted by Crippen LogP contribution is -2.34. The molecule has 0 aliphatic rings. The third kappa shape index (κ3) is 8.18. The Morgan fingerprint density at radius 2 is 1.84 bits per heavy atom. The van der Waals surface area contributed by atoms with Crippen LogP contribution in [0.1, 0.15) is 55.4 Å². The van der Waals surface area contributed by atoms with Crippen LogP contribution in [0.15, 0.2) is 71.9 Å². The maximum absolute atomic E-state index is 13.6. The number of carbonyl (C=O) groups is 3. The number of aromatic nitrogens is 3. The van der Waals surface area contributed by atoms with E-state index in [1.54, 1.807) is 43.5 Å². The van der Waals surface area contributed by atoms with Gasteiger partial charge in [-0.3, -0.25) is 19.3 Å². The van der Waals surface area contributed by atoms with Crippen LogP contribution in [-0.4, -0.2) is 57.6 Å². The molecule has 2 aromatic heterocycles. The Bertz CT molecular complexity index is 1630. The highest BCUT2D eigenvalue weighted by atomic mass is 16.6. The van der Waals surface area contributed by atoms with E-state index in [9.17, 15) is 14.4 Å². The summed E-state index contributed by atoms with van der Waals surface area (Å²) in [5, 5.41) is 3.35. The third-order valence-electron chi connectivity index (χ3n) is 6.69. The minimum atomic E-state index is -0.675. The van der Waals surface area contributed by atoms with E-state index in [1.807, 2.05) is 48.9 Å². The third-order valence-corrected chi connectivity index (χ3v) is 6.69. The van der Waals surface area contributed by atoms with Crippen molar-refractivity contribution in [1.82, 2.24) is 14.5 Å². The summed E-state index contributed by atoms with van der Waals surface area (Å²) in [4.78, 5) is 51.7. The maximum Gasteiger partial charge on any atom is 0.307 e. The van der Waals surface area contributed by atoms with Crippen LogP contribution in [0.3, 0.4) is 0 Å². The fourth-order valence-electron chi connectivity index (χ4n) is 4.50. The molecule has 0 radical (unpaired) electrons. The van der Waals surface area contributed by atoms with Crippen molar-refractivity contribution in [3.63, 3.8) is 0 Å². The molecule has 4 aromatic rings. The Hall–Kier alpha value is -5.26. The zero-order chi connectivity index (χ0) is 31.6. The van der Waals surface area contributed by atoms with E-state index in [-0.39, 0.29) is 30.7 Å². The lowest BCUT2D eigenvalue weighted by Gasteiger charge is -2.21. The number of benzene rings is 2. The SMILES string of the molecule is CCCOC(=O)CCN(C(=O)c1ccc2c(c1)nc(CNc1ccc(/C(N)=N\C(C)OC(C)=O)cc1)n2C)c1ccccn1. The number of pyridine rings is 1. The Morgan fingerprint density at radius 3 is 2.52 bits per heavy atom. The van der Waals surface area contributed by atoms with E-state index >= 15 is 0 Å². The minimum absolute atomic E-state index is 0.0533. The summed E-state index contributed by atoms with van der Waals surface area (Å²) in [6.07, 6.45) is 1.71. The van der Waals surface area contributed by atoms with Gasteiger partial charge < -0.3 is 25.1 Å². The van der Waals surface area contributed by atoms with E-state index in [2.05, 4.69) is 15.3 Å². The first kappa shape index (κ1) is 31.7. The molecule has 1 unspecified atom stereocenters. The van der Waals surface area contributed by atoms with Gasteiger partial charge in [-0.1, -0.05) is 13.0 Å². The van der Waals surface area contributed by atoms with Crippen molar-refractivity contribution in [1.29, 1.82) is 0 Å². The highest BCUT2D eigenvalue weighted by molar-refractivity contribution is 6.07. The standard InChI is InChI=1S/C32H37N7O5/c1-5-18-43-30(41)15-17-39(28-8-6-7-16-34-28)32(42)24-11-14-27-26(19-24)37-29(38(27)4)20-35-25-12-9-23(10-13-25)31(33)36-21(2)44-22(3)40/h6-14,16,19,21,35H,5,15,17-18,20H2,1-4H3,(H2,33,36). The van der Waals surface area contributed by atoms with Crippen LogP contribution in [0.2, 0.25) is 0 Å². The lowest BCUT2D eigenvalue weighted by molar-refractivity contribution is -0.145. The number of nitrogens with zero attached hydrogens (tertiary/aromatic N) is 5. The number of nitrogens with one attached hydrogen (secondary N) is 1. The lowest BCUT2D eigenvalue weighted by atomic mass is 10.1. The van der Waals surface area contributed by atoms with Crippen LogP contribution < -0.4 is 16.0 Å². The zero-order valence-corrected chi connectivity index (χ0v) is 25.3. The molecule has 1 atom stereocenters. The first-order valence-electron chi connectivity index (χ1n) is 14.3. The summed E-state index contributed by atoms with van der Waals surface area (Å²) < 4.78 is 12.2. The Labute approximate surface area is 255 Å². The molecule has 44 heavy (non-hydrogen) atoms. The molecule has 230 valence electrons. The second kappa shape index (κ2) is 14.8. The van der Waals surface area contributed by atoms with Crippen LogP contribution in [0.25, 0.3) is 11.0 Å². The van der Waals surface area contributed by atoms with Crippen LogP contribution in [-0.2, 0) is 32.7 Å². The Balaban J connectivity index is 1.47. The highest BCUT2D eigenvalue weighted by Crippen LogP contribution is 2.21. The van der Waals surface area contributed by atoms with E-state index in [4.69, 9.17) is 20.2 Å². The van der Waals surface area contributed by atoms with Crippen molar-refractivity contribution in [3.05, 3.63) is 83.8 Å². The number of amidine groups is 1. The fourth-order valence-corrected chi connectivity index (χ4v) is 4.50. The smallest absolute Gasteiger partial charge is 0.307 e. The van der Waals surface area contributed by atoms with Gasteiger partial charge in [0.15, 0.2) is 6.23 Å². The number of esters is 2. The van der Waals surface area contributed by atoms with Gasteiger partial charge in [0.2, 0.25) is 0 Å². The maximum atomic E-state index is 13.6. The number of hydrogen-bond donors (Lipinski definition) is 2. The molecule has 0 saturated carbocycles. The summed E-state index contributed by atoms with van der Waals surface area (Å²) in [6, 6.07) is 18.0. The van der Waals surface area contributed by atoms with Gasteiger partial charge in [0.05, 0.1) is 30.6 Å². The molecule has 0 aliphatic carbocycles. The monoisotopic (exact) mass is 599 g/mol. The van der Waals surface area contributed by atoms with Crippen molar-refractivity contribution in [2.75, 3.05) is 23.4 Å². The molecule has 0 spiro atoms. The molecule has 3 N–H and O–H groups in total. The number of anilines is 2. The number of aryl methyl sites for hydroxylation is 1. The first-order chi connectivity index (χ1) is 21.2. The largest absolute Gasteiger partial charge is 0.466 e. The summed E-state index contributed by atoms with van der Waals surface area (Å²) in [5.74, 6) is 0.410. The van der Waals surface area contributed by atoms with E-state index < -0.39 is 12.2 Å². The van der Waals surface area contributed by atoms with E-state index in [0.717, 1.165) is 23.4 Å². The molecule has 2 heterocycles. The summed E-state index contributed by atoms with van der Waals surface area (Å²) in [5.41, 5.74) is 9.57. The number of imidazole rings is 1. The zero-order valence-electron chi connectivity index (χ0n) is 25.3. The van der Waals surface area contributed by atoms with Gasteiger partial charge in [-0.25, -0.2) is 15.0 Å².